The Bertz CT molecular complexity index is 1230. The highest BCUT2D eigenvalue weighted by molar-refractivity contribution is 7.58. The number of nitrogens with zero attached hydrogens (tertiary/aromatic N) is 4. The molecular weight excluding hydrogens is 396 g/mol. The summed E-state index contributed by atoms with van der Waals surface area (Å²) in [5.41, 5.74) is 2.04. The second-order valence-corrected chi connectivity index (χ2v) is 7.51. The molecule has 0 saturated carbocycles. The molecule has 3 aromatic carbocycles. The first kappa shape index (κ1) is 18.4. The highest BCUT2D eigenvalue weighted by Gasteiger charge is 2.32. The second-order valence-electron chi connectivity index (χ2n) is 7.14. The van der Waals surface area contributed by atoms with Gasteiger partial charge in [-0.3, -0.25) is 14.5 Å². The van der Waals surface area contributed by atoms with Gasteiger partial charge in [-0.25, -0.2) is 0 Å². The lowest BCUT2D eigenvalue weighted by Gasteiger charge is -2.27. The molecule has 30 heavy (non-hydrogen) atoms. The molecule has 0 N–H and O–H groups in total. The molecule has 0 radical (unpaired) electrons. The minimum absolute atomic E-state index is 0.252. The maximum Gasteiger partial charge on any atom is 0.261 e. The number of benzene rings is 3. The van der Waals surface area contributed by atoms with Crippen LogP contribution in [0.15, 0.2) is 71.9 Å². The molecule has 2 amide bonds. The fraction of sp³-hybridized carbons (Fsp3) is 0.130. The summed E-state index contributed by atoms with van der Waals surface area (Å²) in [6.45, 7) is 0.302. The van der Waals surface area contributed by atoms with Crippen molar-refractivity contribution in [1.82, 2.24) is 19.7 Å². The van der Waals surface area contributed by atoms with Crippen molar-refractivity contribution in [2.24, 2.45) is 0 Å². The molecule has 0 saturated heterocycles. The number of para-hydroxylation sites is 1. The number of hydrogen-bond acceptors (Lipinski definition) is 5. The molecule has 0 spiro atoms. The summed E-state index contributed by atoms with van der Waals surface area (Å²) in [6, 6.07) is 20.8. The van der Waals surface area contributed by atoms with Crippen molar-refractivity contribution in [3.63, 3.8) is 0 Å². The first-order valence-corrected chi connectivity index (χ1v) is 10.1. The van der Waals surface area contributed by atoms with Crippen LogP contribution in [0, 0.1) is 0 Å². The summed E-state index contributed by atoms with van der Waals surface area (Å²) in [4.78, 5) is 27.3. The van der Waals surface area contributed by atoms with Gasteiger partial charge in [-0.2, -0.15) is 5.10 Å². The average molecular weight is 413 g/mol. The van der Waals surface area contributed by atoms with E-state index in [2.05, 4.69) is 10.2 Å². The molecule has 0 aliphatic carbocycles. The van der Waals surface area contributed by atoms with E-state index in [4.69, 9.17) is 12.6 Å². The first-order chi connectivity index (χ1) is 14.6. The van der Waals surface area contributed by atoms with Crippen LogP contribution in [0.2, 0.25) is 0 Å². The zero-order valence-corrected chi connectivity index (χ0v) is 16.8. The van der Waals surface area contributed by atoms with Gasteiger partial charge < -0.3 is 17.2 Å². The maximum absolute atomic E-state index is 13.0. The van der Waals surface area contributed by atoms with Crippen LogP contribution in [-0.4, -0.2) is 38.0 Å². The molecule has 1 aromatic heterocycles. The number of aryl methyl sites for hydroxylation is 1. The van der Waals surface area contributed by atoms with Crippen LogP contribution in [0.25, 0.3) is 16.5 Å². The third-order valence-corrected chi connectivity index (χ3v) is 5.62. The van der Waals surface area contributed by atoms with Gasteiger partial charge in [0.15, 0.2) is 0 Å². The Morgan fingerprint density at radius 2 is 1.47 bits per heavy atom. The summed E-state index contributed by atoms with van der Waals surface area (Å²) >= 11 is 5.32. The number of amides is 2. The number of hydrogen-bond donors (Lipinski definition) is 0. The topological polar surface area (TPSA) is 68.1 Å². The van der Waals surface area contributed by atoms with Crippen molar-refractivity contribution >= 4 is 35.2 Å². The van der Waals surface area contributed by atoms with E-state index in [9.17, 15) is 9.59 Å². The van der Waals surface area contributed by atoms with Crippen LogP contribution in [0.3, 0.4) is 0 Å². The van der Waals surface area contributed by atoms with E-state index in [0.717, 1.165) is 16.5 Å². The Hall–Kier alpha value is -3.58. The van der Waals surface area contributed by atoms with Gasteiger partial charge in [0.2, 0.25) is 0 Å². The third-order valence-electron chi connectivity index (χ3n) is 5.35. The zero-order chi connectivity index (χ0) is 20.7. The van der Waals surface area contributed by atoms with Gasteiger partial charge in [-0.1, -0.05) is 42.5 Å². The van der Waals surface area contributed by atoms with Crippen molar-refractivity contribution < 1.29 is 9.59 Å². The summed E-state index contributed by atoms with van der Waals surface area (Å²) in [5, 5.41) is 10.3. The normalized spacial score (nSPS) is 13.3. The van der Waals surface area contributed by atoms with Gasteiger partial charge in [-0.15, -0.1) is 5.10 Å². The van der Waals surface area contributed by atoms with E-state index in [0.29, 0.717) is 41.5 Å². The summed E-state index contributed by atoms with van der Waals surface area (Å²) in [6.07, 6.45) is 1.11. The molecule has 6 nitrogen and oxygen atoms in total. The predicted molar refractivity (Wildman–Crippen MR) is 115 cm³/mol. The van der Waals surface area contributed by atoms with E-state index in [1.807, 2.05) is 59.2 Å². The molecule has 7 heteroatoms. The van der Waals surface area contributed by atoms with Gasteiger partial charge in [0, 0.05) is 40.3 Å². The number of carbonyl (C=O) groups is 2. The molecule has 148 valence electrons. The largest absolute Gasteiger partial charge is 0.740 e. The lowest BCUT2D eigenvalue weighted by Crippen LogP contribution is -2.41. The second kappa shape index (κ2) is 7.35. The Labute approximate surface area is 178 Å². The van der Waals surface area contributed by atoms with Crippen molar-refractivity contribution in [3.05, 3.63) is 83.7 Å². The van der Waals surface area contributed by atoms with Crippen LogP contribution < -0.4 is 0 Å². The summed E-state index contributed by atoms with van der Waals surface area (Å²) in [5.74, 6) is 0.209. The standard InChI is InChI=1S/C23H18N4O2S/c28-21-17-11-4-7-15-8-5-12-18(20(15)17)22(29)26(21)14-6-13-19-24-25-23(30)27(19)16-9-2-1-3-10-16/h1-5,7-12H,6,13-14H2,(H,25,30)/p-1. The fourth-order valence-electron chi connectivity index (χ4n) is 3.98. The van der Waals surface area contributed by atoms with E-state index < -0.39 is 0 Å². The lowest BCUT2D eigenvalue weighted by atomic mass is 9.94. The summed E-state index contributed by atoms with van der Waals surface area (Å²) in [7, 11) is 0. The van der Waals surface area contributed by atoms with Crippen LogP contribution in [0.4, 0.5) is 0 Å². The SMILES string of the molecule is O=C1c2cccc3cccc(c23)C(=O)N1CCCc1nnc([S-])n1-c1ccccc1. The van der Waals surface area contributed by atoms with Crippen molar-refractivity contribution in [2.45, 2.75) is 18.0 Å². The fourth-order valence-corrected chi connectivity index (χ4v) is 4.23. The van der Waals surface area contributed by atoms with Crippen LogP contribution in [0.1, 0.15) is 33.0 Å². The van der Waals surface area contributed by atoms with Gasteiger partial charge in [0.25, 0.3) is 11.8 Å². The van der Waals surface area contributed by atoms with E-state index >= 15 is 0 Å². The molecule has 4 aromatic rings. The Kier molecular flexibility index (Phi) is 4.52. The minimum atomic E-state index is -0.252. The van der Waals surface area contributed by atoms with Gasteiger partial charge in [-0.05, 0) is 36.1 Å². The van der Waals surface area contributed by atoms with Crippen molar-refractivity contribution in [1.29, 1.82) is 0 Å². The molecule has 1 aliphatic heterocycles. The zero-order valence-electron chi connectivity index (χ0n) is 16.0. The monoisotopic (exact) mass is 413 g/mol. The van der Waals surface area contributed by atoms with Gasteiger partial charge in [0.05, 0.1) is 0 Å². The molecule has 0 fully saturated rings. The molecule has 0 atom stereocenters. The van der Waals surface area contributed by atoms with E-state index in [1.54, 1.807) is 12.1 Å². The maximum atomic E-state index is 13.0. The van der Waals surface area contributed by atoms with Gasteiger partial charge >= 0.3 is 0 Å². The Morgan fingerprint density at radius 1 is 0.800 bits per heavy atom. The Morgan fingerprint density at radius 3 is 2.13 bits per heavy atom. The van der Waals surface area contributed by atoms with Crippen LogP contribution >= 0.6 is 0 Å². The smallest absolute Gasteiger partial charge is 0.261 e. The molecule has 0 bridgehead atoms. The van der Waals surface area contributed by atoms with Gasteiger partial charge in [0.1, 0.15) is 5.82 Å². The van der Waals surface area contributed by atoms with E-state index in [-0.39, 0.29) is 11.8 Å². The van der Waals surface area contributed by atoms with Crippen molar-refractivity contribution in [3.8, 4) is 5.69 Å². The van der Waals surface area contributed by atoms with E-state index in [1.165, 1.54) is 4.90 Å². The highest BCUT2D eigenvalue weighted by atomic mass is 32.1. The number of carbonyl (C=O) groups excluding carboxylic acids is 2. The Balaban J connectivity index is 1.38. The molecular formula is C23H17N4O2S-. The highest BCUT2D eigenvalue weighted by Crippen LogP contribution is 2.30. The van der Waals surface area contributed by atoms with Crippen LogP contribution in [0.5, 0.6) is 0 Å². The molecule has 1 aliphatic rings. The number of rotatable bonds is 5. The third kappa shape index (κ3) is 2.95. The average Bonchev–Trinajstić information content (AvgIpc) is 3.15. The van der Waals surface area contributed by atoms with Crippen molar-refractivity contribution in [2.75, 3.05) is 6.54 Å². The quantitative estimate of drug-likeness (QED) is 0.370. The lowest BCUT2D eigenvalue weighted by molar-refractivity contribution is 0.0608. The minimum Gasteiger partial charge on any atom is -0.740 e. The molecule has 0 unspecified atom stereocenters. The predicted octanol–water partition coefficient (Wildman–Crippen LogP) is 3.56. The number of imide groups is 1. The van der Waals surface area contributed by atoms with Crippen LogP contribution in [-0.2, 0) is 19.0 Å². The summed E-state index contributed by atoms with van der Waals surface area (Å²) < 4.78 is 1.82. The number of aromatic nitrogens is 3. The molecule has 2 heterocycles. The first-order valence-electron chi connectivity index (χ1n) is 9.70. The molecule has 5 rings (SSSR count).